The van der Waals surface area contributed by atoms with Gasteiger partial charge in [-0.25, -0.2) is 4.98 Å². The standard InChI is InChI=1S/C12H8N3/c1-2-9-8-10(12-14-6-7-15-12)3-4-11(9)13-5-1/h1-6,8H,(H,14,15). The number of aromatic amines is 1. The van der Waals surface area contributed by atoms with Crippen LogP contribution in [-0.4, -0.2) is 15.0 Å². The van der Waals surface area contributed by atoms with Crippen LogP contribution in [0.15, 0.2) is 42.7 Å². The first-order valence-corrected chi connectivity index (χ1v) is 4.70. The van der Waals surface area contributed by atoms with Gasteiger partial charge in [-0.15, -0.1) is 0 Å². The van der Waals surface area contributed by atoms with Crippen molar-refractivity contribution in [2.45, 2.75) is 0 Å². The molecular formula is C12H8N3. The molecule has 3 heteroatoms. The van der Waals surface area contributed by atoms with E-state index in [1.54, 1.807) is 12.4 Å². The Kier molecular flexibility index (Phi) is 1.75. The molecule has 3 nitrogen and oxygen atoms in total. The summed E-state index contributed by atoms with van der Waals surface area (Å²) in [4.78, 5) is 11.4. The normalized spacial score (nSPS) is 10.7. The van der Waals surface area contributed by atoms with Gasteiger partial charge in [-0.3, -0.25) is 4.98 Å². The molecule has 0 spiro atoms. The van der Waals surface area contributed by atoms with Crippen LogP contribution in [0.4, 0.5) is 0 Å². The van der Waals surface area contributed by atoms with Crippen LogP contribution in [0.3, 0.4) is 0 Å². The summed E-state index contributed by atoms with van der Waals surface area (Å²) in [5.41, 5.74) is 2.05. The molecule has 0 atom stereocenters. The minimum Gasteiger partial charge on any atom is -0.344 e. The molecular weight excluding hydrogens is 186 g/mol. The van der Waals surface area contributed by atoms with Gasteiger partial charge < -0.3 is 4.98 Å². The molecule has 0 aliphatic carbocycles. The molecule has 1 radical (unpaired) electrons. The molecule has 3 rings (SSSR count). The van der Waals surface area contributed by atoms with E-state index in [9.17, 15) is 0 Å². The molecule has 1 N–H and O–H groups in total. The molecule has 0 aliphatic heterocycles. The van der Waals surface area contributed by atoms with Crippen molar-refractivity contribution in [3.63, 3.8) is 0 Å². The summed E-state index contributed by atoms with van der Waals surface area (Å²) >= 11 is 0. The third kappa shape index (κ3) is 1.38. The van der Waals surface area contributed by atoms with Crippen LogP contribution in [0.25, 0.3) is 22.3 Å². The first-order valence-electron chi connectivity index (χ1n) is 4.70. The van der Waals surface area contributed by atoms with Gasteiger partial charge in [0.2, 0.25) is 0 Å². The van der Waals surface area contributed by atoms with E-state index in [-0.39, 0.29) is 0 Å². The number of benzene rings is 1. The van der Waals surface area contributed by atoms with E-state index in [4.69, 9.17) is 0 Å². The van der Waals surface area contributed by atoms with Crippen LogP contribution in [0.1, 0.15) is 0 Å². The number of pyridine rings is 1. The van der Waals surface area contributed by atoms with E-state index >= 15 is 0 Å². The van der Waals surface area contributed by atoms with Crippen LogP contribution in [0.5, 0.6) is 0 Å². The molecule has 0 saturated carbocycles. The fourth-order valence-corrected chi connectivity index (χ4v) is 1.60. The minimum absolute atomic E-state index is 0.834. The van der Waals surface area contributed by atoms with Crippen LogP contribution in [0, 0.1) is 6.20 Å². The molecule has 1 aromatic carbocycles. The Bertz CT molecular complexity index is 585. The number of hydrogen-bond donors (Lipinski definition) is 1. The largest absolute Gasteiger partial charge is 0.344 e. The summed E-state index contributed by atoms with van der Waals surface area (Å²) in [5.74, 6) is 0.834. The molecule has 0 bridgehead atoms. The fraction of sp³-hybridized carbons (Fsp3) is 0. The van der Waals surface area contributed by atoms with Crippen molar-refractivity contribution >= 4 is 10.9 Å². The highest BCUT2D eigenvalue weighted by molar-refractivity contribution is 5.82. The first kappa shape index (κ1) is 8.17. The number of nitrogens with zero attached hydrogens (tertiary/aromatic N) is 2. The Morgan fingerprint density at radius 3 is 3.07 bits per heavy atom. The van der Waals surface area contributed by atoms with Crippen LogP contribution < -0.4 is 0 Å². The predicted octanol–water partition coefficient (Wildman–Crippen LogP) is 2.43. The molecule has 2 aromatic heterocycles. The second-order valence-corrected chi connectivity index (χ2v) is 3.29. The van der Waals surface area contributed by atoms with Crippen molar-refractivity contribution in [1.82, 2.24) is 15.0 Å². The van der Waals surface area contributed by atoms with Crippen molar-refractivity contribution in [3.8, 4) is 11.4 Å². The van der Waals surface area contributed by atoms with E-state index < -0.39 is 0 Å². The average Bonchev–Trinajstić information content (AvgIpc) is 2.82. The highest BCUT2D eigenvalue weighted by atomic mass is 14.9. The zero-order chi connectivity index (χ0) is 10.1. The van der Waals surface area contributed by atoms with Gasteiger partial charge in [0, 0.05) is 23.3 Å². The van der Waals surface area contributed by atoms with Crippen LogP contribution in [0.2, 0.25) is 0 Å². The van der Waals surface area contributed by atoms with Crippen LogP contribution >= 0.6 is 0 Å². The molecule has 71 valence electrons. The van der Waals surface area contributed by atoms with Gasteiger partial charge in [-0.1, -0.05) is 6.07 Å². The van der Waals surface area contributed by atoms with Crippen LogP contribution in [-0.2, 0) is 0 Å². The monoisotopic (exact) mass is 194 g/mol. The third-order valence-electron chi connectivity index (χ3n) is 2.33. The third-order valence-corrected chi connectivity index (χ3v) is 2.33. The topological polar surface area (TPSA) is 41.6 Å². The number of rotatable bonds is 1. The lowest BCUT2D eigenvalue weighted by molar-refractivity contribution is 1.31. The van der Waals surface area contributed by atoms with Crippen molar-refractivity contribution in [3.05, 3.63) is 48.9 Å². The Morgan fingerprint density at radius 1 is 1.20 bits per heavy atom. The molecule has 0 saturated heterocycles. The summed E-state index contributed by atoms with van der Waals surface area (Å²) in [6.45, 7) is 0. The molecule has 15 heavy (non-hydrogen) atoms. The lowest BCUT2D eigenvalue weighted by Gasteiger charge is -1.99. The number of fused-ring (bicyclic) bond motifs is 1. The minimum atomic E-state index is 0.834. The number of nitrogens with one attached hydrogen (secondary N) is 1. The number of aromatic nitrogens is 3. The van der Waals surface area contributed by atoms with Gasteiger partial charge in [0.1, 0.15) is 12.0 Å². The number of H-pyrrole nitrogens is 1. The van der Waals surface area contributed by atoms with Crippen molar-refractivity contribution in [2.75, 3.05) is 0 Å². The van der Waals surface area contributed by atoms with Crippen molar-refractivity contribution in [1.29, 1.82) is 0 Å². The Labute approximate surface area is 86.8 Å². The summed E-state index contributed by atoms with van der Waals surface area (Å²) in [5, 5.41) is 1.12. The highest BCUT2D eigenvalue weighted by Crippen LogP contribution is 2.19. The second-order valence-electron chi connectivity index (χ2n) is 3.29. The zero-order valence-electron chi connectivity index (χ0n) is 7.94. The maximum atomic E-state index is 4.27. The van der Waals surface area contributed by atoms with E-state index in [0.29, 0.717) is 0 Å². The van der Waals surface area contributed by atoms with Gasteiger partial charge in [-0.2, -0.15) is 0 Å². The van der Waals surface area contributed by atoms with E-state index in [1.807, 2.05) is 24.3 Å². The van der Waals surface area contributed by atoms with Crippen molar-refractivity contribution in [2.24, 2.45) is 0 Å². The van der Waals surface area contributed by atoms with Gasteiger partial charge >= 0.3 is 0 Å². The fourth-order valence-electron chi connectivity index (χ4n) is 1.60. The predicted molar refractivity (Wildman–Crippen MR) is 58.2 cm³/mol. The maximum absolute atomic E-state index is 4.27. The molecule has 0 unspecified atom stereocenters. The van der Waals surface area contributed by atoms with E-state index in [0.717, 1.165) is 22.3 Å². The molecule has 2 heterocycles. The molecule has 3 aromatic rings. The van der Waals surface area contributed by atoms with E-state index in [2.05, 4.69) is 27.2 Å². The maximum Gasteiger partial charge on any atom is 0.138 e. The lowest BCUT2D eigenvalue weighted by atomic mass is 10.1. The SMILES string of the molecule is [c]1c[nH]c(-c2ccc3ncccc3c2)n1. The summed E-state index contributed by atoms with van der Waals surface area (Å²) in [6, 6.07) is 10.0. The Balaban J connectivity index is 2.22. The Morgan fingerprint density at radius 2 is 2.20 bits per heavy atom. The Hall–Kier alpha value is -2.16. The quantitative estimate of drug-likeness (QED) is 0.646. The van der Waals surface area contributed by atoms with E-state index in [1.165, 1.54) is 0 Å². The zero-order valence-corrected chi connectivity index (χ0v) is 7.94. The summed E-state index contributed by atoms with van der Waals surface area (Å²) in [7, 11) is 0. The van der Waals surface area contributed by atoms with Crippen molar-refractivity contribution < 1.29 is 0 Å². The average molecular weight is 194 g/mol. The van der Waals surface area contributed by atoms with Gasteiger partial charge in [0.15, 0.2) is 0 Å². The number of hydrogen-bond acceptors (Lipinski definition) is 2. The van der Waals surface area contributed by atoms with Gasteiger partial charge in [0.05, 0.1) is 5.52 Å². The first-order chi connectivity index (χ1) is 7.43. The molecule has 0 aliphatic rings. The number of imidazole rings is 1. The molecule has 0 amide bonds. The highest BCUT2D eigenvalue weighted by Gasteiger charge is 2.01. The van der Waals surface area contributed by atoms with Gasteiger partial charge in [0.25, 0.3) is 0 Å². The van der Waals surface area contributed by atoms with Gasteiger partial charge in [-0.05, 0) is 24.3 Å². The summed E-state index contributed by atoms with van der Waals surface area (Å²) in [6.07, 6.45) is 6.25. The second kappa shape index (κ2) is 3.20. The molecule has 0 fully saturated rings. The summed E-state index contributed by atoms with van der Waals surface area (Å²) < 4.78 is 0. The smallest absolute Gasteiger partial charge is 0.138 e. The lowest BCUT2D eigenvalue weighted by Crippen LogP contribution is -1.82.